The van der Waals surface area contributed by atoms with Crippen LogP contribution < -0.4 is 5.32 Å². The molecule has 2 heterocycles. The fourth-order valence-corrected chi connectivity index (χ4v) is 3.99. The predicted octanol–water partition coefficient (Wildman–Crippen LogP) is 4.66. The normalized spacial score (nSPS) is 22.3. The predicted molar refractivity (Wildman–Crippen MR) is 118 cm³/mol. The first-order chi connectivity index (χ1) is 13.6. The van der Waals surface area contributed by atoms with Crippen molar-refractivity contribution in [2.75, 3.05) is 11.9 Å². The molecule has 0 radical (unpaired) electrons. The van der Waals surface area contributed by atoms with Crippen LogP contribution in [0, 0.1) is 12.7 Å². The Morgan fingerprint density at radius 1 is 1.14 bits per heavy atom. The summed E-state index contributed by atoms with van der Waals surface area (Å²) in [5.74, 6) is -1.19. The zero-order chi connectivity index (χ0) is 19.1. The first-order valence-corrected chi connectivity index (χ1v) is 9.53. The van der Waals surface area contributed by atoms with Crippen molar-refractivity contribution in [3.8, 4) is 0 Å². The highest BCUT2D eigenvalue weighted by Gasteiger charge is 2.40. The molecular weight excluding hydrogens is 387 g/mol. The molecular formula is C23H22ClFN4. The lowest BCUT2D eigenvalue weighted by Crippen LogP contribution is -2.55. The van der Waals surface area contributed by atoms with E-state index in [1.165, 1.54) is 23.3 Å². The van der Waals surface area contributed by atoms with E-state index in [-0.39, 0.29) is 18.2 Å². The van der Waals surface area contributed by atoms with Crippen LogP contribution in [0.1, 0.15) is 16.7 Å². The summed E-state index contributed by atoms with van der Waals surface area (Å²) in [6.07, 6.45) is 8.84. The van der Waals surface area contributed by atoms with E-state index >= 15 is 0 Å². The van der Waals surface area contributed by atoms with Crippen molar-refractivity contribution in [1.29, 1.82) is 0 Å². The monoisotopic (exact) mass is 408 g/mol. The largest absolute Gasteiger partial charge is 0.329 e. The van der Waals surface area contributed by atoms with Gasteiger partial charge in [0.15, 0.2) is 0 Å². The number of anilines is 1. The van der Waals surface area contributed by atoms with Gasteiger partial charge in [0.05, 0.1) is 5.71 Å². The molecule has 2 aromatic carbocycles. The maximum Gasteiger partial charge on any atom is 0.289 e. The topological polar surface area (TPSA) is 40.0 Å². The minimum Gasteiger partial charge on any atom is -0.329 e. The second kappa shape index (κ2) is 7.58. The van der Waals surface area contributed by atoms with Crippen molar-refractivity contribution in [2.24, 2.45) is 9.98 Å². The van der Waals surface area contributed by atoms with Gasteiger partial charge in [-0.1, -0.05) is 36.4 Å². The van der Waals surface area contributed by atoms with Crippen molar-refractivity contribution < 1.29 is 4.39 Å². The molecule has 1 aliphatic carbocycles. The number of aryl methyl sites for hydroxylation is 1. The number of nitrogens with zero attached hydrogens (tertiary/aromatic N) is 3. The van der Waals surface area contributed by atoms with Crippen LogP contribution in [0.5, 0.6) is 0 Å². The molecule has 2 aromatic rings. The quantitative estimate of drug-likeness (QED) is 0.802. The van der Waals surface area contributed by atoms with E-state index in [4.69, 9.17) is 9.98 Å². The summed E-state index contributed by atoms with van der Waals surface area (Å²) in [7, 11) is 0. The van der Waals surface area contributed by atoms with E-state index in [2.05, 4.69) is 34.5 Å². The van der Waals surface area contributed by atoms with E-state index in [1.54, 1.807) is 6.07 Å². The third-order valence-electron chi connectivity index (χ3n) is 5.55. The molecule has 3 aliphatic rings. The van der Waals surface area contributed by atoms with Crippen molar-refractivity contribution in [3.63, 3.8) is 0 Å². The van der Waals surface area contributed by atoms with Crippen LogP contribution in [0.2, 0.25) is 0 Å². The second-order valence-corrected chi connectivity index (χ2v) is 7.40. The summed E-state index contributed by atoms with van der Waals surface area (Å²) in [6.45, 7) is 3.48. The molecule has 148 valence electrons. The fraction of sp³-hybridized carbons (Fsp3) is 0.217. The number of benzene rings is 2. The number of hydrogen-bond donors (Lipinski definition) is 1. The Labute approximate surface area is 176 Å². The van der Waals surface area contributed by atoms with Gasteiger partial charge in [0.2, 0.25) is 0 Å². The molecule has 0 fully saturated rings. The Morgan fingerprint density at radius 2 is 1.97 bits per heavy atom. The van der Waals surface area contributed by atoms with Gasteiger partial charge in [-0.05, 0) is 54.3 Å². The Hall–Kier alpha value is -2.76. The minimum atomic E-state index is -0.947. The van der Waals surface area contributed by atoms with E-state index < -0.39 is 5.91 Å². The molecule has 0 saturated heterocycles. The molecule has 1 atom stereocenters. The van der Waals surface area contributed by atoms with E-state index in [0.717, 1.165) is 42.0 Å². The zero-order valence-electron chi connectivity index (χ0n) is 16.1. The van der Waals surface area contributed by atoms with Crippen LogP contribution in [0.25, 0.3) is 0 Å². The summed E-state index contributed by atoms with van der Waals surface area (Å²) in [5, 5.41) is 3.52. The highest BCUT2D eigenvalue weighted by Crippen LogP contribution is 2.33. The SMILES string of the molecule is Cc1cc(F)ccc1NC1(N2CCc3ccccc3C2)N=CC2=CC=CC2=N1.Cl. The number of hydrogen-bond acceptors (Lipinski definition) is 4. The maximum absolute atomic E-state index is 13.6. The first-order valence-electron chi connectivity index (χ1n) is 9.53. The smallest absolute Gasteiger partial charge is 0.289 e. The van der Waals surface area contributed by atoms with Gasteiger partial charge in [0.1, 0.15) is 5.82 Å². The highest BCUT2D eigenvalue weighted by molar-refractivity contribution is 6.24. The summed E-state index contributed by atoms with van der Waals surface area (Å²) < 4.78 is 13.6. The number of rotatable bonds is 3. The average Bonchev–Trinajstić information content (AvgIpc) is 3.17. The molecule has 0 spiro atoms. The van der Waals surface area contributed by atoms with Gasteiger partial charge < -0.3 is 5.32 Å². The Balaban J connectivity index is 0.00000205. The molecule has 0 saturated carbocycles. The van der Waals surface area contributed by atoms with Crippen molar-refractivity contribution in [2.45, 2.75) is 25.8 Å². The molecule has 1 unspecified atom stereocenters. The van der Waals surface area contributed by atoms with E-state index in [1.807, 2.05) is 31.4 Å². The minimum absolute atomic E-state index is 0. The van der Waals surface area contributed by atoms with Crippen LogP contribution >= 0.6 is 12.4 Å². The molecule has 0 amide bonds. The number of fused-ring (bicyclic) bond motifs is 2. The number of halogens is 2. The second-order valence-electron chi connectivity index (χ2n) is 7.40. The van der Waals surface area contributed by atoms with E-state index in [0.29, 0.717) is 0 Å². The molecule has 2 aliphatic heterocycles. The lowest BCUT2D eigenvalue weighted by molar-refractivity contribution is 0.111. The zero-order valence-corrected chi connectivity index (χ0v) is 16.9. The molecule has 6 heteroatoms. The van der Waals surface area contributed by atoms with Crippen molar-refractivity contribution >= 4 is 30.0 Å². The van der Waals surface area contributed by atoms with Crippen LogP contribution in [-0.4, -0.2) is 29.3 Å². The summed E-state index contributed by atoms with van der Waals surface area (Å²) in [5.41, 5.74) is 6.27. The van der Waals surface area contributed by atoms with Gasteiger partial charge in [0, 0.05) is 30.6 Å². The Morgan fingerprint density at radius 3 is 2.79 bits per heavy atom. The average molecular weight is 409 g/mol. The summed E-state index contributed by atoms with van der Waals surface area (Å²) in [6, 6.07) is 13.3. The van der Waals surface area contributed by atoms with Gasteiger partial charge in [-0.15, -0.1) is 12.4 Å². The number of aliphatic imine (C=N–C) groups is 2. The summed E-state index contributed by atoms with van der Waals surface area (Å²) >= 11 is 0. The van der Waals surface area contributed by atoms with Crippen LogP contribution in [0.4, 0.5) is 10.1 Å². The summed E-state index contributed by atoms with van der Waals surface area (Å²) in [4.78, 5) is 12.1. The third-order valence-corrected chi connectivity index (χ3v) is 5.55. The maximum atomic E-state index is 13.6. The van der Waals surface area contributed by atoms with Gasteiger partial charge in [0.25, 0.3) is 5.91 Å². The van der Waals surface area contributed by atoms with Gasteiger partial charge in [-0.2, -0.15) is 0 Å². The van der Waals surface area contributed by atoms with Gasteiger partial charge >= 0.3 is 0 Å². The molecule has 5 rings (SSSR count). The number of allylic oxidation sites excluding steroid dienone is 4. The van der Waals surface area contributed by atoms with Gasteiger partial charge in [-0.3, -0.25) is 0 Å². The molecule has 0 bridgehead atoms. The van der Waals surface area contributed by atoms with Crippen LogP contribution in [0.15, 0.2) is 76.3 Å². The lowest BCUT2D eigenvalue weighted by Gasteiger charge is -2.42. The first kappa shape index (κ1) is 19.6. The molecule has 29 heavy (non-hydrogen) atoms. The Kier molecular flexibility index (Phi) is 5.11. The van der Waals surface area contributed by atoms with Crippen LogP contribution in [-0.2, 0) is 13.0 Å². The lowest BCUT2D eigenvalue weighted by atomic mass is 9.99. The molecule has 0 aromatic heterocycles. The highest BCUT2D eigenvalue weighted by atomic mass is 35.5. The van der Waals surface area contributed by atoms with Crippen LogP contribution in [0.3, 0.4) is 0 Å². The van der Waals surface area contributed by atoms with Crippen molar-refractivity contribution in [1.82, 2.24) is 4.90 Å². The molecule has 4 nitrogen and oxygen atoms in total. The number of nitrogens with one attached hydrogen (secondary N) is 1. The third kappa shape index (κ3) is 3.52. The van der Waals surface area contributed by atoms with E-state index in [9.17, 15) is 4.39 Å². The van der Waals surface area contributed by atoms with Crippen molar-refractivity contribution in [3.05, 3.63) is 88.8 Å². The fourth-order valence-electron chi connectivity index (χ4n) is 3.99. The van der Waals surface area contributed by atoms with Gasteiger partial charge in [-0.25, -0.2) is 19.3 Å². The molecule has 1 N–H and O–H groups in total. The standard InChI is InChI=1S/C23H21FN4.ClH/c1-16-13-20(24)9-10-21(16)26-23(25-14-18-7-4-8-22(18)27-23)28-12-11-17-5-2-3-6-19(17)15-28;/h2-10,13-14,26H,11-12,15H2,1H3;1H. The Bertz CT molecular complexity index is 1070.